The summed E-state index contributed by atoms with van der Waals surface area (Å²) in [5.74, 6) is 0.447. The molecule has 20 heavy (non-hydrogen) atoms. The van der Waals surface area contributed by atoms with E-state index in [1.807, 2.05) is 0 Å². The molecule has 0 spiro atoms. The van der Waals surface area contributed by atoms with Crippen molar-refractivity contribution in [3.8, 4) is 0 Å². The fraction of sp³-hybridized carbons (Fsp3) is 0.941. The normalized spacial score (nSPS) is 17.9. The van der Waals surface area contributed by atoms with Crippen molar-refractivity contribution in [1.82, 2.24) is 10.2 Å². The van der Waals surface area contributed by atoms with Crippen LogP contribution in [0.5, 0.6) is 0 Å². The molecular formula is C17H34N2O. The summed E-state index contributed by atoms with van der Waals surface area (Å²) >= 11 is 0. The summed E-state index contributed by atoms with van der Waals surface area (Å²) in [4.78, 5) is 15.3. The van der Waals surface area contributed by atoms with Crippen LogP contribution in [0.4, 0.5) is 0 Å². The lowest BCUT2D eigenvalue weighted by Crippen LogP contribution is -2.49. The molecule has 1 N–H and O–H groups in total. The van der Waals surface area contributed by atoms with Crippen molar-refractivity contribution in [2.45, 2.75) is 72.1 Å². The van der Waals surface area contributed by atoms with E-state index >= 15 is 0 Å². The number of nitrogens with one attached hydrogen (secondary N) is 1. The van der Waals surface area contributed by atoms with Crippen molar-refractivity contribution < 1.29 is 4.79 Å². The van der Waals surface area contributed by atoms with Crippen LogP contribution in [-0.4, -0.2) is 37.0 Å². The van der Waals surface area contributed by atoms with E-state index in [-0.39, 0.29) is 5.41 Å². The van der Waals surface area contributed by atoms with Crippen LogP contribution in [0.3, 0.4) is 0 Å². The zero-order valence-corrected chi connectivity index (χ0v) is 13.8. The summed E-state index contributed by atoms with van der Waals surface area (Å²) in [5, 5.41) is 3.41. The van der Waals surface area contributed by atoms with Crippen LogP contribution in [0.1, 0.15) is 72.1 Å². The highest BCUT2D eigenvalue weighted by Crippen LogP contribution is 2.36. The Kier molecular flexibility index (Phi) is 8.20. The average molecular weight is 282 g/mol. The van der Waals surface area contributed by atoms with Crippen LogP contribution in [0.15, 0.2) is 0 Å². The van der Waals surface area contributed by atoms with Crippen LogP contribution >= 0.6 is 0 Å². The van der Waals surface area contributed by atoms with Crippen molar-refractivity contribution in [3.63, 3.8) is 0 Å². The maximum Gasteiger partial charge on any atom is 0.228 e. The second-order valence-corrected chi connectivity index (χ2v) is 6.28. The quantitative estimate of drug-likeness (QED) is 0.701. The Bertz CT molecular complexity index is 259. The third-order valence-corrected chi connectivity index (χ3v) is 4.59. The zero-order valence-electron chi connectivity index (χ0n) is 13.8. The first-order valence-corrected chi connectivity index (χ1v) is 8.70. The van der Waals surface area contributed by atoms with Gasteiger partial charge in [0.1, 0.15) is 0 Å². The van der Waals surface area contributed by atoms with Crippen LogP contribution in [0, 0.1) is 5.41 Å². The van der Waals surface area contributed by atoms with Gasteiger partial charge in [0.2, 0.25) is 5.91 Å². The van der Waals surface area contributed by atoms with Gasteiger partial charge in [-0.3, -0.25) is 4.79 Å². The highest BCUT2D eigenvalue weighted by Gasteiger charge is 2.40. The van der Waals surface area contributed by atoms with Crippen LogP contribution in [0.2, 0.25) is 0 Å². The average Bonchev–Trinajstić information content (AvgIpc) is 2.48. The van der Waals surface area contributed by atoms with E-state index in [2.05, 4.69) is 31.0 Å². The molecule has 1 aliphatic heterocycles. The number of piperidine rings is 1. The van der Waals surface area contributed by atoms with E-state index in [1.165, 1.54) is 0 Å². The first kappa shape index (κ1) is 17.5. The predicted molar refractivity (Wildman–Crippen MR) is 85.8 cm³/mol. The van der Waals surface area contributed by atoms with E-state index < -0.39 is 0 Å². The van der Waals surface area contributed by atoms with Gasteiger partial charge >= 0.3 is 0 Å². The van der Waals surface area contributed by atoms with Gasteiger partial charge in [-0.25, -0.2) is 0 Å². The number of amides is 1. The van der Waals surface area contributed by atoms with Crippen molar-refractivity contribution in [1.29, 1.82) is 0 Å². The van der Waals surface area contributed by atoms with Crippen LogP contribution < -0.4 is 5.32 Å². The zero-order chi connectivity index (χ0) is 14.8. The molecule has 1 heterocycles. The van der Waals surface area contributed by atoms with Gasteiger partial charge in [0, 0.05) is 13.1 Å². The summed E-state index contributed by atoms with van der Waals surface area (Å²) in [6, 6.07) is 0. The fourth-order valence-electron chi connectivity index (χ4n) is 3.30. The number of hydrogen-bond acceptors (Lipinski definition) is 2. The molecule has 1 saturated heterocycles. The van der Waals surface area contributed by atoms with E-state index in [0.29, 0.717) is 5.91 Å². The Morgan fingerprint density at radius 1 is 1.00 bits per heavy atom. The van der Waals surface area contributed by atoms with Gasteiger partial charge in [-0.15, -0.1) is 0 Å². The van der Waals surface area contributed by atoms with Gasteiger partial charge in [0.15, 0.2) is 0 Å². The molecule has 1 aliphatic rings. The van der Waals surface area contributed by atoms with E-state index in [4.69, 9.17) is 0 Å². The summed E-state index contributed by atoms with van der Waals surface area (Å²) in [6.07, 6.45) is 8.81. The SMILES string of the molecule is CCCCN(CCCC)C(=O)C1(CCC)CCNCC1. The lowest BCUT2D eigenvalue weighted by atomic mass is 9.74. The monoisotopic (exact) mass is 282 g/mol. The summed E-state index contributed by atoms with van der Waals surface area (Å²) in [5.41, 5.74) is -0.0680. The second-order valence-electron chi connectivity index (χ2n) is 6.28. The van der Waals surface area contributed by atoms with Crippen LogP contribution in [-0.2, 0) is 4.79 Å². The van der Waals surface area contributed by atoms with Crippen LogP contribution in [0.25, 0.3) is 0 Å². The smallest absolute Gasteiger partial charge is 0.228 e. The first-order valence-electron chi connectivity index (χ1n) is 8.70. The Morgan fingerprint density at radius 2 is 1.55 bits per heavy atom. The minimum Gasteiger partial charge on any atom is -0.342 e. The lowest BCUT2D eigenvalue weighted by molar-refractivity contribution is -0.144. The second kappa shape index (κ2) is 9.38. The Labute approximate surface area is 125 Å². The molecule has 0 radical (unpaired) electrons. The van der Waals surface area contributed by atoms with Gasteiger partial charge in [-0.1, -0.05) is 40.0 Å². The molecule has 118 valence electrons. The topological polar surface area (TPSA) is 32.3 Å². The minimum absolute atomic E-state index is 0.0680. The third kappa shape index (κ3) is 4.76. The van der Waals surface area contributed by atoms with Crippen molar-refractivity contribution in [3.05, 3.63) is 0 Å². The van der Waals surface area contributed by atoms with Gasteiger partial charge < -0.3 is 10.2 Å². The third-order valence-electron chi connectivity index (χ3n) is 4.59. The summed E-state index contributed by atoms with van der Waals surface area (Å²) in [6.45, 7) is 10.5. The highest BCUT2D eigenvalue weighted by molar-refractivity contribution is 5.83. The Morgan fingerprint density at radius 3 is 2.00 bits per heavy atom. The molecule has 3 nitrogen and oxygen atoms in total. The van der Waals surface area contributed by atoms with Crippen molar-refractivity contribution in [2.75, 3.05) is 26.2 Å². The first-order chi connectivity index (χ1) is 9.70. The number of hydrogen-bond donors (Lipinski definition) is 1. The number of nitrogens with zero attached hydrogens (tertiary/aromatic N) is 1. The molecule has 1 fully saturated rings. The number of rotatable bonds is 9. The minimum atomic E-state index is -0.0680. The molecule has 1 amide bonds. The molecule has 3 heteroatoms. The lowest BCUT2D eigenvalue weighted by Gasteiger charge is -2.40. The predicted octanol–water partition coefficient (Wildman–Crippen LogP) is 3.59. The molecule has 0 aromatic heterocycles. The van der Waals surface area contributed by atoms with Gasteiger partial charge in [-0.2, -0.15) is 0 Å². The van der Waals surface area contributed by atoms with Gasteiger partial charge in [0.25, 0.3) is 0 Å². The maximum absolute atomic E-state index is 13.1. The largest absolute Gasteiger partial charge is 0.342 e. The molecule has 0 bridgehead atoms. The standard InChI is InChI=1S/C17H34N2O/c1-4-7-14-19(15-8-5-2)16(20)17(9-6-3)10-12-18-13-11-17/h18H,4-15H2,1-3H3. The molecule has 1 rings (SSSR count). The maximum atomic E-state index is 13.1. The number of unbranched alkanes of at least 4 members (excludes halogenated alkanes) is 2. The van der Waals surface area contributed by atoms with E-state index in [1.54, 1.807) is 0 Å². The Balaban J connectivity index is 2.75. The molecule has 0 saturated carbocycles. The highest BCUT2D eigenvalue weighted by atomic mass is 16.2. The molecule has 0 unspecified atom stereocenters. The van der Waals surface area contributed by atoms with Crippen molar-refractivity contribution in [2.24, 2.45) is 5.41 Å². The van der Waals surface area contributed by atoms with Gasteiger partial charge in [0.05, 0.1) is 5.41 Å². The summed E-state index contributed by atoms with van der Waals surface area (Å²) < 4.78 is 0. The number of carbonyl (C=O) groups is 1. The summed E-state index contributed by atoms with van der Waals surface area (Å²) in [7, 11) is 0. The van der Waals surface area contributed by atoms with E-state index in [9.17, 15) is 4.79 Å². The molecule has 0 aliphatic carbocycles. The number of carbonyl (C=O) groups excluding carboxylic acids is 1. The van der Waals surface area contributed by atoms with E-state index in [0.717, 1.165) is 77.5 Å². The fourth-order valence-corrected chi connectivity index (χ4v) is 3.30. The molecule has 0 aromatic carbocycles. The molecule has 0 aromatic rings. The van der Waals surface area contributed by atoms with Crippen molar-refractivity contribution >= 4 is 5.91 Å². The molecule has 0 atom stereocenters. The molecular weight excluding hydrogens is 248 g/mol. The Hall–Kier alpha value is -0.570. The van der Waals surface area contributed by atoms with Gasteiger partial charge in [-0.05, 0) is 45.2 Å².